The number of rotatable bonds is 8. The number of carbonyl (C=O) groups excluding carboxylic acids is 1. The van der Waals surface area contributed by atoms with Crippen LogP contribution in [0, 0.1) is 17.8 Å². The molecule has 1 rings (SSSR count). The van der Waals surface area contributed by atoms with E-state index in [4.69, 9.17) is 0 Å². The second-order valence-electron chi connectivity index (χ2n) is 7.91. The average molecular weight is 412 g/mol. The molecule has 2 unspecified atom stereocenters. The highest BCUT2D eigenvalue weighted by molar-refractivity contribution is 5.95. The molecule has 0 bridgehead atoms. The van der Waals surface area contributed by atoms with Crippen LogP contribution in [0.1, 0.15) is 53.9 Å². The Kier molecular flexibility index (Phi) is 10.3. The summed E-state index contributed by atoms with van der Waals surface area (Å²) >= 11 is 0. The van der Waals surface area contributed by atoms with Gasteiger partial charge >= 0.3 is 0 Å². The van der Waals surface area contributed by atoms with Gasteiger partial charge in [-0.3, -0.25) is 4.79 Å². The number of hydrogen-bond acceptors (Lipinski definition) is 2. The zero-order chi connectivity index (χ0) is 22.7. The fourth-order valence-electron chi connectivity index (χ4n) is 2.68. The minimum absolute atomic E-state index is 0.0372. The second kappa shape index (κ2) is 12.1. The van der Waals surface area contributed by atoms with E-state index in [-0.39, 0.29) is 17.9 Å². The summed E-state index contributed by atoms with van der Waals surface area (Å²) in [7, 11) is 0. The minimum Gasteiger partial charge on any atom is -0.388 e. The quantitative estimate of drug-likeness (QED) is 0.410. The van der Waals surface area contributed by atoms with E-state index < -0.39 is 11.4 Å². The van der Waals surface area contributed by atoms with Crippen molar-refractivity contribution >= 4 is 5.91 Å². The molecule has 30 heavy (non-hydrogen) atoms. The largest absolute Gasteiger partial charge is 0.388 e. The highest BCUT2D eigenvalue weighted by atomic mass is 19.1. The summed E-state index contributed by atoms with van der Waals surface area (Å²) in [5.41, 5.74) is 1.25. The number of allylic oxidation sites excluding steroid dienone is 10. The predicted octanol–water partition coefficient (Wildman–Crippen LogP) is 5.48. The van der Waals surface area contributed by atoms with E-state index in [2.05, 4.69) is 23.7 Å². The number of hydrogen-bond donors (Lipinski definition) is 2. The Balaban J connectivity index is 3.14. The molecular weight excluding hydrogens is 377 g/mol. The van der Waals surface area contributed by atoms with Crippen LogP contribution in [-0.4, -0.2) is 22.7 Å². The van der Waals surface area contributed by atoms with Crippen LogP contribution in [-0.2, 0) is 4.79 Å². The maximum Gasteiger partial charge on any atom is 0.248 e. The van der Waals surface area contributed by atoms with Crippen molar-refractivity contribution < 1.29 is 14.3 Å². The van der Waals surface area contributed by atoms with Gasteiger partial charge in [-0.25, -0.2) is 4.39 Å². The third-order valence-corrected chi connectivity index (χ3v) is 4.98. The van der Waals surface area contributed by atoms with Crippen LogP contribution in [0.4, 0.5) is 4.39 Å². The van der Waals surface area contributed by atoms with Crippen LogP contribution in [0.25, 0.3) is 0 Å². The smallest absolute Gasteiger partial charge is 0.248 e. The lowest BCUT2D eigenvalue weighted by Crippen LogP contribution is -2.48. The molecule has 0 aromatic heterocycles. The summed E-state index contributed by atoms with van der Waals surface area (Å²) < 4.78 is 13.3. The maximum atomic E-state index is 13.3. The molecule has 0 spiro atoms. The molecular formula is C26H34FNO2. The molecule has 1 amide bonds. The van der Waals surface area contributed by atoms with Crippen molar-refractivity contribution in [2.24, 2.45) is 5.92 Å². The molecule has 2 N–H and O–H groups in total. The van der Waals surface area contributed by atoms with Crippen LogP contribution in [0.2, 0.25) is 0 Å². The van der Waals surface area contributed by atoms with Gasteiger partial charge in [0, 0.05) is 22.6 Å². The third kappa shape index (κ3) is 8.39. The van der Waals surface area contributed by atoms with E-state index in [0.717, 1.165) is 36.5 Å². The lowest BCUT2D eigenvalue weighted by molar-refractivity contribution is -0.120. The molecule has 0 fully saturated rings. The molecule has 0 heterocycles. The lowest BCUT2D eigenvalue weighted by atomic mass is 9.94. The third-order valence-electron chi connectivity index (χ3n) is 4.98. The van der Waals surface area contributed by atoms with Gasteiger partial charge in [-0.2, -0.15) is 0 Å². The van der Waals surface area contributed by atoms with Gasteiger partial charge in [-0.15, -0.1) is 0 Å². The molecule has 0 aromatic carbocycles. The Bertz CT molecular complexity index is 838. The monoisotopic (exact) mass is 411 g/mol. The van der Waals surface area contributed by atoms with E-state index in [0.29, 0.717) is 5.57 Å². The van der Waals surface area contributed by atoms with Gasteiger partial charge < -0.3 is 10.4 Å². The fraction of sp³-hybridized carbons (Fsp3) is 0.423. The van der Waals surface area contributed by atoms with Crippen molar-refractivity contribution in [1.29, 1.82) is 0 Å². The van der Waals surface area contributed by atoms with Crippen LogP contribution in [0.3, 0.4) is 0 Å². The van der Waals surface area contributed by atoms with Gasteiger partial charge in [0.1, 0.15) is 5.83 Å². The zero-order valence-electron chi connectivity index (χ0n) is 18.8. The van der Waals surface area contributed by atoms with E-state index in [1.165, 1.54) is 6.08 Å². The number of nitrogens with one attached hydrogen (secondary N) is 1. The number of amides is 1. The summed E-state index contributed by atoms with van der Waals surface area (Å²) in [6.45, 7) is 12.6. The van der Waals surface area contributed by atoms with Gasteiger partial charge in [-0.05, 0) is 64.0 Å². The van der Waals surface area contributed by atoms with Crippen molar-refractivity contribution in [3.8, 4) is 11.8 Å². The van der Waals surface area contributed by atoms with Gasteiger partial charge in [0.15, 0.2) is 0 Å². The normalized spacial score (nSPS) is 18.4. The van der Waals surface area contributed by atoms with E-state index in [9.17, 15) is 14.3 Å². The molecule has 4 heteroatoms. The highest BCUT2D eigenvalue weighted by Gasteiger charge is 2.26. The van der Waals surface area contributed by atoms with Crippen molar-refractivity contribution in [1.82, 2.24) is 5.32 Å². The number of halogens is 1. The Hall–Kier alpha value is -2.64. The number of aliphatic hydroxyl groups is 1. The predicted molar refractivity (Wildman–Crippen MR) is 123 cm³/mol. The van der Waals surface area contributed by atoms with Gasteiger partial charge in [0.2, 0.25) is 5.91 Å². The Labute approximate surface area is 180 Å². The first-order valence-corrected chi connectivity index (χ1v) is 10.5. The molecule has 1 aliphatic rings. The Morgan fingerprint density at radius 2 is 2.07 bits per heavy atom. The lowest BCUT2D eigenvalue weighted by Gasteiger charge is -2.27. The highest BCUT2D eigenvalue weighted by Crippen LogP contribution is 2.22. The zero-order valence-corrected chi connectivity index (χ0v) is 18.8. The summed E-state index contributed by atoms with van der Waals surface area (Å²) in [5, 5.41) is 13.0. The summed E-state index contributed by atoms with van der Waals surface area (Å²) in [4.78, 5) is 12.8. The average Bonchev–Trinajstić information content (AvgIpc) is 2.91. The molecule has 1 aliphatic carbocycles. The topological polar surface area (TPSA) is 49.3 Å². The molecule has 3 nitrogen and oxygen atoms in total. The van der Waals surface area contributed by atoms with Gasteiger partial charge in [0.05, 0.1) is 11.6 Å². The Morgan fingerprint density at radius 1 is 1.37 bits per heavy atom. The second-order valence-corrected chi connectivity index (χ2v) is 7.91. The standard InChI is InChI=1S/C26H34FNO2/c1-7-10-20(14-17-23(27)9-3)11-12-21-13-16-22(8-2)24(18-15-21)25(29)28-19(4)26(5,6)30/h9,13-19,22,30H,3,7-8,10H2,1-2,4-6H3,(H,28,29). The van der Waals surface area contributed by atoms with Gasteiger partial charge in [-0.1, -0.05) is 50.8 Å². The van der Waals surface area contributed by atoms with E-state index in [1.807, 2.05) is 32.1 Å². The summed E-state index contributed by atoms with van der Waals surface area (Å²) in [6.07, 6.45) is 14.1. The number of carbonyl (C=O) groups is 1. The van der Waals surface area contributed by atoms with Crippen LogP contribution in [0.15, 0.2) is 71.7 Å². The van der Waals surface area contributed by atoms with Crippen LogP contribution < -0.4 is 5.32 Å². The molecule has 0 saturated heterocycles. The molecule has 0 saturated carbocycles. The summed E-state index contributed by atoms with van der Waals surface area (Å²) in [5.74, 6) is 5.60. The van der Waals surface area contributed by atoms with E-state index >= 15 is 0 Å². The van der Waals surface area contributed by atoms with E-state index in [1.54, 1.807) is 32.9 Å². The van der Waals surface area contributed by atoms with Crippen LogP contribution >= 0.6 is 0 Å². The molecule has 0 aromatic rings. The first-order chi connectivity index (χ1) is 14.1. The van der Waals surface area contributed by atoms with Crippen molar-refractivity contribution in [3.63, 3.8) is 0 Å². The Morgan fingerprint density at radius 3 is 2.63 bits per heavy atom. The van der Waals surface area contributed by atoms with Gasteiger partial charge in [0.25, 0.3) is 0 Å². The summed E-state index contributed by atoms with van der Waals surface area (Å²) in [6, 6.07) is -0.385. The molecule has 2 atom stereocenters. The molecule has 0 aliphatic heterocycles. The van der Waals surface area contributed by atoms with Crippen LogP contribution in [0.5, 0.6) is 0 Å². The van der Waals surface area contributed by atoms with Crippen molar-refractivity contribution in [2.75, 3.05) is 0 Å². The first kappa shape index (κ1) is 25.4. The van der Waals surface area contributed by atoms with Crippen molar-refractivity contribution in [3.05, 3.63) is 71.7 Å². The minimum atomic E-state index is -1.01. The van der Waals surface area contributed by atoms with Crippen molar-refractivity contribution in [2.45, 2.75) is 65.5 Å². The fourth-order valence-corrected chi connectivity index (χ4v) is 2.68. The SMILES string of the molecule is C=CC(F)=CC=C(C#CC1=CC=C(C(=O)NC(C)C(C)(C)O)C(CC)C=C1)CCC. The first-order valence-electron chi connectivity index (χ1n) is 10.5. The molecule has 162 valence electrons. The molecule has 0 radical (unpaired) electrons. The maximum absolute atomic E-state index is 13.3.